The summed E-state index contributed by atoms with van der Waals surface area (Å²) in [7, 11) is 0. The van der Waals surface area contributed by atoms with Gasteiger partial charge in [0.1, 0.15) is 0 Å². The van der Waals surface area contributed by atoms with Crippen LogP contribution in [0.2, 0.25) is 0 Å². The zero-order valence-corrected chi connectivity index (χ0v) is 9.70. The molecule has 0 spiro atoms. The Kier molecular flexibility index (Phi) is 2.62. The number of rotatable bonds is 1. The van der Waals surface area contributed by atoms with Crippen LogP contribution in [0.4, 0.5) is 13.2 Å². The van der Waals surface area contributed by atoms with E-state index in [4.69, 9.17) is 9.47 Å². The maximum absolute atomic E-state index is 12.5. The van der Waals surface area contributed by atoms with Gasteiger partial charge in [-0.15, -0.1) is 0 Å². The Morgan fingerprint density at radius 2 is 1.63 bits per heavy atom. The van der Waals surface area contributed by atoms with E-state index < -0.39 is 11.7 Å². The molecule has 1 aliphatic rings. The van der Waals surface area contributed by atoms with Crippen molar-refractivity contribution in [1.29, 1.82) is 0 Å². The second-order valence-electron chi connectivity index (χ2n) is 4.11. The van der Waals surface area contributed by atoms with E-state index in [2.05, 4.69) is 0 Å². The minimum Gasteiger partial charge on any atom is -0.454 e. The van der Waals surface area contributed by atoms with Gasteiger partial charge >= 0.3 is 6.18 Å². The highest BCUT2D eigenvalue weighted by atomic mass is 19.4. The van der Waals surface area contributed by atoms with Gasteiger partial charge in [-0.25, -0.2) is 0 Å². The lowest BCUT2D eigenvalue weighted by Crippen LogP contribution is -2.04. The van der Waals surface area contributed by atoms with Gasteiger partial charge in [-0.3, -0.25) is 0 Å². The maximum atomic E-state index is 12.5. The van der Waals surface area contributed by atoms with E-state index in [1.54, 1.807) is 18.2 Å². The number of benzene rings is 2. The Bertz CT molecular complexity index is 603. The van der Waals surface area contributed by atoms with Gasteiger partial charge in [-0.1, -0.05) is 24.3 Å². The number of ether oxygens (including phenoxy) is 2. The molecule has 0 unspecified atom stereocenters. The summed E-state index contributed by atoms with van der Waals surface area (Å²) in [6.45, 7) is 0.132. The standard InChI is InChI=1S/C14H9F3O2/c15-14(16,17)10-6-4-9(5-7-10)11-2-1-3-12-13(11)19-8-18-12/h1-7H,8H2. The van der Waals surface area contributed by atoms with Crippen LogP contribution in [0.1, 0.15) is 5.56 Å². The molecule has 5 heteroatoms. The summed E-state index contributed by atoms with van der Waals surface area (Å²) in [5, 5.41) is 0. The molecule has 0 radical (unpaired) electrons. The second kappa shape index (κ2) is 4.19. The van der Waals surface area contributed by atoms with E-state index in [1.165, 1.54) is 12.1 Å². The number of para-hydroxylation sites is 1. The first-order valence-corrected chi connectivity index (χ1v) is 5.62. The van der Waals surface area contributed by atoms with Crippen molar-refractivity contribution in [2.75, 3.05) is 6.79 Å². The van der Waals surface area contributed by atoms with Crippen LogP contribution in [-0.4, -0.2) is 6.79 Å². The third kappa shape index (κ3) is 2.12. The van der Waals surface area contributed by atoms with Crippen molar-refractivity contribution in [2.45, 2.75) is 6.18 Å². The van der Waals surface area contributed by atoms with Crippen LogP contribution < -0.4 is 9.47 Å². The molecule has 3 rings (SSSR count). The zero-order chi connectivity index (χ0) is 13.5. The lowest BCUT2D eigenvalue weighted by Gasteiger charge is -2.09. The van der Waals surface area contributed by atoms with Crippen molar-refractivity contribution in [2.24, 2.45) is 0 Å². The van der Waals surface area contributed by atoms with Gasteiger partial charge in [0.05, 0.1) is 5.56 Å². The van der Waals surface area contributed by atoms with Crippen LogP contribution in [0.5, 0.6) is 11.5 Å². The zero-order valence-electron chi connectivity index (χ0n) is 9.70. The van der Waals surface area contributed by atoms with Gasteiger partial charge in [0, 0.05) is 5.56 Å². The third-order valence-electron chi connectivity index (χ3n) is 2.92. The molecule has 0 N–H and O–H groups in total. The van der Waals surface area contributed by atoms with Crippen LogP contribution in [-0.2, 0) is 6.18 Å². The molecule has 1 heterocycles. The van der Waals surface area contributed by atoms with Gasteiger partial charge in [0.15, 0.2) is 11.5 Å². The topological polar surface area (TPSA) is 18.5 Å². The molecule has 2 aromatic carbocycles. The predicted octanol–water partition coefficient (Wildman–Crippen LogP) is 4.10. The Balaban J connectivity index is 2.02. The second-order valence-corrected chi connectivity index (χ2v) is 4.11. The molecule has 0 saturated heterocycles. The molecule has 0 saturated carbocycles. The normalized spacial score (nSPS) is 13.6. The van der Waals surface area contributed by atoms with E-state index >= 15 is 0 Å². The molecule has 0 aromatic heterocycles. The van der Waals surface area contributed by atoms with Crippen molar-refractivity contribution < 1.29 is 22.6 Å². The number of hydrogen-bond acceptors (Lipinski definition) is 2. The fraction of sp³-hybridized carbons (Fsp3) is 0.143. The van der Waals surface area contributed by atoms with Gasteiger partial charge in [-0.2, -0.15) is 13.2 Å². The molecule has 2 nitrogen and oxygen atoms in total. The highest BCUT2D eigenvalue weighted by Gasteiger charge is 2.30. The average Bonchev–Trinajstić information content (AvgIpc) is 2.86. The predicted molar refractivity (Wildman–Crippen MR) is 63.0 cm³/mol. The Labute approximate surface area is 107 Å². The summed E-state index contributed by atoms with van der Waals surface area (Å²) < 4.78 is 48.1. The van der Waals surface area contributed by atoms with Crippen molar-refractivity contribution in [3.63, 3.8) is 0 Å². The maximum Gasteiger partial charge on any atom is 0.416 e. The van der Waals surface area contributed by atoms with E-state index in [1.807, 2.05) is 0 Å². The van der Waals surface area contributed by atoms with Crippen LogP contribution in [0.3, 0.4) is 0 Å². The van der Waals surface area contributed by atoms with Crippen molar-refractivity contribution in [3.8, 4) is 22.6 Å². The summed E-state index contributed by atoms with van der Waals surface area (Å²) in [5.41, 5.74) is 0.722. The summed E-state index contributed by atoms with van der Waals surface area (Å²) in [5.74, 6) is 1.18. The van der Waals surface area contributed by atoms with Crippen molar-refractivity contribution in [1.82, 2.24) is 0 Å². The molecule has 0 bridgehead atoms. The molecule has 0 atom stereocenters. The number of hydrogen-bond donors (Lipinski definition) is 0. The van der Waals surface area contributed by atoms with E-state index in [-0.39, 0.29) is 6.79 Å². The third-order valence-corrected chi connectivity index (χ3v) is 2.92. The van der Waals surface area contributed by atoms with Gasteiger partial charge in [-0.05, 0) is 23.8 Å². The summed E-state index contributed by atoms with van der Waals surface area (Å²) in [6, 6.07) is 10.3. The average molecular weight is 266 g/mol. The summed E-state index contributed by atoms with van der Waals surface area (Å²) in [4.78, 5) is 0. The minimum atomic E-state index is -4.32. The quantitative estimate of drug-likeness (QED) is 0.773. The monoisotopic (exact) mass is 266 g/mol. The molecule has 19 heavy (non-hydrogen) atoms. The van der Waals surface area contributed by atoms with Gasteiger partial charge in [0.25, 0.3) is 0 Å². The highest BCUT2D eigenvalue weighted by Crippen LogP contribution is 2.41. The minimum absolute atomic E-state index is 0.132. The van der Waals surface area contributed by atoms with Crippen LogP contribution >= 0.6 is 0 Å². The van der Waals surface area contributed by atoms with Crippen LogP contribution in [0, 0.1) is 0 Å². The van der Waals surface area contributed by atoms with Crippen molar-refractivity contribution >= 4 is 0 Å². The molecule has 0 amide bonds. The van der Waals surface area contributed by atoms with Crippen molar-refractivity contribution in [3.05, 3.63) is 48.0 Å². The fourth-order valence-electron chi connectivity index (χ4n) is 2.00. The molecule has 0 aliphatic carbocycles. The van der Waals surface area contributed by atoms with E-state index in [9.17, 15) is 13.2 Å². The smallest absolute Gasteiger partial charge is 0.416 e. The number of halogens is 3. The molecular formula is C14H9F3O2. The van der Waals surface area contributed by atoms with Gasteiger partial charge in [0.2, 0.25) is 6.79 Å². The molecule has 0 fully saturated rings. The Morgan fingerprint density at radius 3 is 2.32 bits per heavy atom. The Morgan fingerprint density at radius 1 is 0.895 bits per heavy atom. The first-order chi connectivity index (χ1) is 9.05. The molecule has 1 aliphatic heterocycles. The largest absolute Gasteiger partial charge is 0.454 e. The van der Waals surface area contributed by atoms with E-state index in [0.29, 0.717) is 17.1 Å². The molecule has 2 aromatic rings. The lowest BCUT2D eigenvalue weighted by atomic mass is 10.0. The first kappa shape index (κ1) is 11.9. The first-order valence-electron chi connectivity index (χ1n) is 5.62. The summed E-state index contributed by atoms with van der Waals surface area (Å²) >= 11 is 0. The molecular weight excluding hydrogens is 257 g/mol. The number of fused-ring (bicyclic) bond motifs is 1. The number of alkyl halides is 3. The lowest BCUT2D eigenvalue weighted by molar-refractivity contribution is -0.137. The Hall–Kier alpha value is -2.17. The van der Waals surface area contributed by atoms with E-state index in [0.717, 1.165) is 17.7 Å². The molecule has 98 valence electrons. The highest BCUT2D eigenvalue weighted by molar-refractivity contribution is 5.74. The van der Waals surface area contributed by atoms with Gasteiger partial charge < -0.3 is 9.47 Å². The SMILES string of the molecule is FC(F)(F)c1ccc(-c2cccc3c2OCO3)cc1. The van der Waals surface area contributed by atoms with Crippen LogP contribution in [0.15, 0.2) is 42.5 Å². The fourth-order valence-corrected chi connectivity index (χ4v) is 2.00. The van der Waals surface area contributed by atoms with Crippen LogP contribution in [0.25, 0.3) is 11.1 Å². The summed E-state index contributed by atoms with van der Waals surface area (Å²) in [6.07, 6.45) is -4.32.